The fourth-order valence-electron chi connectivity index (χ4n) is 2.45. The van der Waals surface area contributed by atoms with E-state index in [9.17, 15) is 4.79 Å². The van der Waals surface area contributed by atoms with Gasteiger partial charge in [-0.3, -0.25) is 4.79 Å². The van der Waals surface area contributed by atoms with E-state index >= 15 is 0 Å². The van der Waals surface area contributed by atoms with E-state index in [1.807, 2.05) is 25.1 Å². The van der Waals surface area contributed by atoms with Gasteiger partial charge in [0.25, 0.3) is 0 Å². The minimum Gasteiger partial charge on any atom is -0.325 e. The van der Waals surface area contributed by atoms with Crippen molar-refractivity contribution in [1.29, 1.82) is 0 Å². The third-order valence-corrected chi connectivity index (χ3v) is 4.33. The molecule has 1 heterocycles. The van der Waals surface area contributed by atoms with E-state index in [0.29, 0.717) is 12.3 Å². The zero-order chi connectivity index (χ0) is 13.7. The van der Waals surface area contributed by atoms with Crippen molar-refractivity contribution in [2.45, 2.75) is 32.6 Å². The van der Waals surface area contributed by atoms with Crippen LogP contribution in [0.2, 0.25) is 0 Å². The van der Waals surface area contributed by atoms with Crippen LogP contribution < -0.4 is 10.6 Å². The van der Waals surface area contributed by atoms with Crippen LogP contribution in [0, 0.1) is 12.8 Å². The Hall–Kier alpha value is -0.870. The van der Waals surface area contributed by atoms with Gasteiger partial charge in [0.2, 0.25) is 5.91 Å². The minimum absolute atomic E-state index is 0.116. The molecule has 3 nitrogen and oxygen atoms in total. The topological polar surface area (TPSA) is 41.1 Å². The molecule has 0 spiro atoms. The number of hydrogen-bond donors (Lipinski definition) is 2. The molecule has 0 unspecified atom stereocenters. The molecular formula is C15H21BrN2O. The summed E-state index contributed by atoms with van der Waals surface area (Å²) in [7, 11) is 0. The van der Waals surface area contributed by atoms with Crippen LogP contribution >= 0.6 is 15.9 Å². The Kier molecular flexibility index (Phi) is 5.40. The Morgan fingerprint density at radius 2 is 2.16 bits per heavy atom. The number of carbonyl (C=O) groups is 1. The molecule has 1 aromatic rings. The minimum atomic E-state index is 0.116. The van der Waals surface area contributed by atoms with Crippen molar-refractivity contribution in [3.8, 4) is 0 Å². The first kappa shape index (κ1) is 14.5. The molecule has 1 aliphatic rings. The standard InChI is InChI=1S/C15H21BrN2O/c1-11-2-4-13(16)14(10-11)18-15(19)5-3-12-6-8-17-9-7-12/h2,4,10,12,17H,3,5-9H2,1H3,(H,18,19). The summed E-state index contributed by atoms with van der Waals surface area (Å²) >= 11 is 3.46. The first-order valence-electron chi connectivity index (χ1n) is 6.92. The zero-order valence-electron chi connectivity index (χ0n) is 11.3. The normalized spacial score (nSPS) is 16.3. The van der Waals surface area contributed by atoms with Gasteiger partial charge in [-0.25, -0.2) is 0 Å². The number of amides is 1. The number of anilines is 1. The van der Waals surface area contributed by atoms with Crippen LogP contribution in [-0.2, 0) is 4.79 Å². The number of nitrogens with one attached hydrogen (secondary N) is 2. The van der Waals surface area contributed by atoms with Crippen LogP contribution in [0.5, 0.6) is 0 Å². The third kappa shape index (κ3) is 4.62. The second kappa shape index (κ2) is 7.06. The Labute approximate surface area is 123 Å². The highest BCUT2D eigenvalue weighted by Crippen LogP contribution is 2.24. The Balaban J connectivity index is 1.81. The van der Waals surface area contributed by atoms with Crippen molar-refractivity contribution in [3.63, 3.8) is 0 Å². The molecular weight excluding hydrogens is 304 g/mol. The average Bonchev–Trinajstić information content (AvgIpc) is 2.42. The van der Waals surface area contributed by atoms with Gasteiger partial charge in [0, 0.05) is 10.9 Å². The quantitative estimate of drug-likeness (QED) is 0.890. The Morgan fingerprint density at radius 1 is 1.42 bits per heavy atom. The van der Waals surface area contributed by atoms with E-state index in [2.05, 4.69) is 26.6 Å². The van der Waals surface area contributed by atoms with Gasteiger partial charge in [-0.1, -0.05) is 6.07 Å². The SMILES string of the molecule is Cc1ccc(Br)c(NC(=O)CCC2CCNCC2)c1. The number of halogens is 1. The number of carbonyl (C=O) groups excluding carboxylic acids is 1. The van der Waals surface area contributed by atoms with Gasteiger partial charge in [-0.2, -0.15) is 0 Å². The van der Waals surface area contributed by atoms with Crippen LogP contribution in [0.3, 0.4) is 0 Å². The predicted molar refractivity (Wildman–Crippen MR) is 82.3 cm³/mol. The molecule has 1 amide bonds. The molecule has 0 radical (unpaired) electrons. The maximum absolute atomic E-state index is 12.0. The first-order valence-corrected chi connectivity index (χ1v) is 7.71. The number of rotatable bonds is 4. The van der Waals surface area contributed by atoms with Crippen LogP contribution in [0.4, 0.5) is 5.69 Å². The lowest BCUT2D eigenvalue weighted by atomic mass is 9.93. The van der Waals surface area contributed by atoms with Gasteiger partial charge in [0.05, 0.1) is 5.69 Å². The van der Waals surface area contributed by atoms with Crippen LogP contribution in [0.15, 0.2) is 22.7 Å². The summed E-state index contributed by atoms with van der Waals surface area (Å²) in [6.45, 7) is 4.21. The summed E-state index contributed by atoms with van der Waals surface area (Å²) in [5.74, 6) is 0.817. The molecule has 1 aromatic carbocycles. The first-order chi connectivity index (χ1) is 9.15. The molecule has 1 fully saturated rings. The average molecular weight is 325 g/mol. The number of hydrogen-bond acceptors (Lipinski definition) is 2. The van der Waals surface area contributed by atoms with Crippen molar-refractivity contribution in [2.75, 3.05) is 18.4 Å². The molecule has 1 saturated heterocycles. The van der Waals surface area contributed by atoms with Crippen LogP contribution in [0.1, 0.15) is 31.2 Å². The molecule has 19 heavy (non-hydrogen) atoms. The molecule has 2 N–H and O–H groups in total. The van der Waals surface area contributed by atoms with Crippen LogP contribution in [-0.4, -0.2) is 19.0 Å². The molecule has 2 rings (SSSR count). The summed E-state index contributed by atoms with van der Waals surface area (Å²) in [6.07, 6.45) is 4.00. The number of aryl methyl sites for hydroxylation is 1. The second-order valence-corrected chi connectivity index (χ2v) is 6.12. The van der Waals surface area contributed by atoms with Gasteiger partial charge in [-0.15, -0.1) is 0 Å². The summed E-state index contributed by atoms with van der Waals surface area (Å²) in [4.78, 5) is 12.0. The molecule has 0 atom stereocenters. The van der Waals surface area contributed by atoms with Gasteiger partial charge in [-0.05, 0) is 78.8 Å². The van der Waals surface area contributed by atoms with E-state index in [1.165, 1.54) is 12.8 Å². The lowest BCUT2D eigenvalue weighted by Gasteiger charge is -2.22. The van der Waals surface area contributed by atoms with E-state index in [0.717, 1.165) is 35.2 Å². The lowest BCUT2D eigenvalue weighted by molar-refractivity contribution is -0.116. The summed E-state index contributed by atoms with van der Waals surface area (Å²) in [6, 6.07) is 5.99. The molecule has 1 aliphatic heterocycles. The molecule has 4 heteroatoms. The highest BCUT2D eigenvalue weighted by molar-refractivity contribution is 9.10. The molecule has 0 bridgehead atoms. The summed E-state index contributed by atoms with van der Waals surface area (Å²) in [5.41, 5.74) is 2.02. The third-order valence-electron chi connectivity index (χ3n) is 3.63. The molecule has 0 saturated carbocycles. The lowest BCUT2D eigenvalue weighted by Crippen LogP contribution is -2.28. The maximum Gasteiger partial charge on any atom is 0.224 e. The second-order valence-electron chi connectivity index (χ2n) is 5.26. The fraction of sp³-hybridized carbons (Fsp3) is 0.533. The van der Waals surface area contributed by atoms with Gasteiger partial charge in [0.1, 0.15) is 0 Å². The van der Waals surface area contributed by atoms with E-state index in [4.69, 9.17) is 0 Å². The predicted octanol–water partition coefficient (Wildman–Crippen LogP) is 3.48. The Morgan fingerprint density at radius 3 is 2.89 bits per heavy atom. The van der Waals surface area contributed by atoms with Crippen LogP contribution in [0.25, 0.3) is 0 Å². The van der Waals surface area contributed by atoms with Gasteiger partial charge in [0.15, 0.2) is 0 Å². The van der Waals surface area contributed by atoms with Crippen molar-refractivity contribution in [3.05, 3.63) is 28.2 Å². The fourth-order valence-corrected chi connectivity index (χ4v) is 2.80. The largest absolute Gasteiger partial charge is 0.325 e. The van der Waals surface area contributed by atoms with Gasteiger partial charge < -0.3 is 10.6 Å². The molecule has 0 aliphatic carbocycles. The Bertz CT molecular complexity index is 442. The van der Waals surface area contributed by atoms with Crippen molar-refractivity contribution in [1.82, 2.24) is 5.32 Å². The monoisotopic (exact) mass is 324 g/mol. The number of benzene rings is 1. The summed E-state index contributed by atoms with van der Waals surface area (Å²) < 4.78 is 0.938. The van der Waals surface area contributed by atoms with E-state index in [1.54, 1.807) is 0 Å². The van der Waals surface area contributed by atoms with E-state index < -0.39 is 0 Å². The number of piperidine rings is 1. The smallest absolute Gasteiger partial charge is 0.224 e. The molecule has 0 aromatic heterocycles. The highest BCUT2D eigenvalue weighted by Gasteiger charge is 2.14. The van der Waals surface area contributed by atoms with Crippen molar-refractivity contribution in [2.24, 2.45) is 5.92 Å². The maximum atomic E-state index is 12.0. The van der Waals surface area contributed by atoms with E-state index in [-0.39, 0.29) is 5.91 Å². The zero-order valence-corrected chi connectivity index (χ0v) is 12.9. The summed E-state index contributed by atoms with van der Waals surface area (Å²) in [5, 5.41) is 6.34. The molecule has 104 valence electrons. The highest BCUT2D eigenvalue weighted by atomic mass is 79.9. The van der Waals surface area contributed by atoms with Crippen molar-refractivity contribution >= 4 is 27.5 Å². The van der Waals surface area contributed by atoms with Gasteiger partial charge >= 0.3 is 0 Å². The van der Waals surface area contributed by atoms with Crippen molar-refractivity contribution < 1.29 is 4.79 Å².